The largest absolute Gasteiger partial charge is 0.348 e. The Bertz CT molecular complexity index is 1200. The van der Waals surface area contributed by atoms with Crippen LogP contribution in [0.2, 0.25) is 0 Å². The van der Waals surface area contributed by atoms with Crippen LogP contribution in [0.3, 0.4) is 0 Å². The van der Waals surface area contributed by atoms with Gasteiger partial charge in [-0.05, 0) is 44.0 Å². The first kappa shape index (κ1) is 18.2. The number of rotatable bonds is 5. The summed E-state index contributed by atoms with van der Waals surface area (Å²) in [5.41, 5.74) is 3.65. The monoisotopic (exact) mass is 400 g/mol. The number of hydrogen-bond donors (Lipinski definition) is 2. The standard InChI is InChI=1S/C21H20N8O/c1-13-3-2-4-17(26-13)21(30)28-15-9-16(10-15)29-12-25-18-19(23-11-24-20(18)29)27-14-5-7-22-8-6-14/h2-8,11-12,15-16H,9-10H2,1H3,(H,28,30)(H,22,23,24,27). The molecule has 1 aliphatic rings. The van der Waals surface area contributed by atoms with Gasteiger partial charge in [0.1, 0.15) is 12.0 Å². The number of aryl methyl sites for hydroxylation is 1. The van der Waals surface area contributed by atoms with E-state index in [0.29, 0.717) is 17.0 Å². The second kappa shape index (κ2) is 7.51. The highest BCUT2D eigenvalue weighted by molar-refractivity contribution is 5.92. The first-order chi connectivity index (χ1) is 14.7. The summed E-state index contributed by atoms with van der Waals surface area (Å²) in [7, 11) is 0. The van der Waals surface area contributed by atoms with Crippen LogP contribution >= 0.6 is 0 Å². The molecule has 0 aromatic carbocycles. The van der Waals surface area contributed by atoms with Crippen LogP contribution in [-0.2, 0) is 0 Å². The molecule has 0 aliphatic heterocycles. The summed E-state index contributed by atoms with van der Waals surface area (Å²) in [4.78, 5) is 34.0. The Hall–Kier alpha value is -3.88. The molecule has 1 saturated carbocycles. The molecule has 0 atom stereocenters. The maximum absolute atomic E-state index is 12.4. The molecule has 9 heteroatoms. The van der Waals surface area contributed by atoms with E-state index in [2.05, 4.69) is 40.1 Å². The zero-order valence-corrected chi connectivity index (χ0v) is 16.4. The van der Waals surface area contributed by atoms with Gasteiger partial charge in [-0.1, -0.05) is 6.07 Å². The smallest absolute Gasteiger partial charge is 0.270 e. The second-order valence-corrected chi connectivity index (χ2v) is 7.37. The van der Waals surface area contributed by atoms with E-state index in [9.17, 15) is 4.79 Å². The van der Waals surface area contributed by atoms with E-state index in [4.69, 9.17) is 0 Å². The summed E-state index contributed by atoms with van der Waals surface area (Å²) in [6.07, 6.45) is 8.40. The number of anilines is 2. The van der Waals surface area contributed by atoms with Crippen molar-refractivity contribution in [1.29, 1.82) is 0 Å². The number of pyridine rings is 2. The van der Waals surface area contributed by atoms with Gasteiger partial charge >= 0.3 is 0 Å². The molecule has 30 heavy (non-hydrogen) atoms. The van der Waals surface area contributed by atoms with E-state index in [-0.39, 0.29) is 18.0 Å². The van der Waals surface area contributed by atoms with Gasteiger partial charge in [-0.2, -0.15) is 0 Å². The van der Waals surface area contributed by atoms with Crippen molar-refractivity contribution in [3.05, 3.63) is 66.8 Å². The Balaban J connectivity index is 1.28. The molecule has 0 unspecified atom stereocenters. The highest BCUT2D eigenvalue weighted by Gasteiger charge is 2.33. The minimum Gasteiger partial charge on any atom is -0.348 e. The molecule has 150 valence electrons. The van der Waals surface area contributed by atoms with Crippen molar-refractivity contribution in [2.45, 2.75) is 31.8 Å². The van der Waals surface area contributed by atoms with Gasteiger partial charge in [-0.25, -0.2) is 19.9 Å². The highest BCUT2D eigenvalue weighted by atomic mass is 16.1. The minimum atomic E-state index is -0.135. The molecule has 0 radical (unpaired) electrons. The summed E-state index contributed by atoms with van der Waals surface area (Å²) >= 11 is 0. The van der Waals surface area contributed by atoms with Crippen molar-refractivity contribution in [1.82, 2.24) is 34.8 Å². The van der Waals surface area contributed by atoms with E-state index in [1.54, 1.807) is 24.8 Å². The van der Waals surface area contributed by atoms with Gasteiger partial charge < -0.3 is 15.2 Å². The van der Waals surface area contributed by atoms with Gasteiger partial charge in [0.15, 0.2) is 17.0 Å². The van der Waals surface area contributed by atoms with Crippen LogP contribution in [0.5, 0.6) is 0 Å². The van der Waals surface area contributed by atoms with Crippen molar-refractivity contribution < 1.29 is 4.79 Å². The topological polar surface area (TPSA) is 111 Å². The van der Waals surface area contributed by atoms with E-state index >= 15 is 0 Å². The average Bonchev–Trinajstić information content (AvgIpc) is 3.16. The predicted molar refractivity (Wildman–Crippen MR) is 111 cm³/mol. The van der Waals surface area contributed by atoms with Crippen molar-refractivity contribution in [3.8, 4) is 0 Å². The fourth-order valence-corrected chi connectivity index (χ4v) is 3.64. The number of fused-ring (bicyclic) bond motifs is 1. The highest BCUT2D eigenvalue weighted by Crippen LogP contribution is 2.35. The number of aromatic nitrogens is 6. The molecule has 2 N–H and O–H groups in total. The molecule has 0 saturated heterocycles. The summed E-state index contributed by atoms with van der Waals surface area (Å²) in [6, 6.07) is 9.53. The van der Waals surface area contributed by atoms with Gasteiger partial charge in [0, 0.05) is 35.9 Å². The first-order valence-corrected chi connectivity index (χ1v) is 9.76. The fraction of sp³-hybridized carbons (Fsp3) is 0.238. The van der Waals surface area contributed by atoms with Gasteiger partial charge in [0.2, 0.25) is 0 Å². The predicted octanol–water partition coefficient (Wildman–Crippen LogP) is 2.80. The van der Waals surface area contributed by atoms with Crippen LogP contribution in [0.1, 0.15) is 35.1 Å². The molecule has 9 nitrogen and oxygen atoms in total. The maximum atomic E-state index is 12.4. The fourth-order valence-electron chi connectivity index (χ4n) is 3.64. The van der Waals surface area contributed by atoms with E-state index in [0.717, 1.165) is 29.9 Å². The lowest BCUT2D eigenvalue weighted by Crippen LogP contribution is -2.45. The van der Waals surface area contributed by atoms with E-state index in [1.807, 2.05) is 31.2 Å². The Morgan fingerprint density at radius 1 is 1.10 bits per heavy atom. The lowest BCUT2D eigenvalue weighted by Gasteiger charge is -2.36. The molecular formula is C21H20N8O. The van der Waals surface area contributed by atoms with Crippen LogP contribution in [0.25, 0.3) is 11.2 Å². The van der Waals surface area contributed by atoms with E-state index < -0.39 is 0 Å². The van der Waals surface area contributed by atoms with Gasteiger partial charge in [-0.3, -0.25) is 9.78 Å². The first-order valence-electron chi connectivity index (χ1n) is 9.76. The molecule has 1 fully saturated rings. The van der Waals surface area contributed by atoms with Crippen molar-refractivity contribution in [2.24, 2.45) is 0 Å². The quantitative estimate of drug-likeness (QED) is 0.530. The Morgan fingerprint density at radius 2 is 1.93 bits per heavy atom. The third-order valence-corrected chi connectivity index (χ3v) is 5.26. The Kier molecular flexibility index (Phi) is 4.55. The number of nitrogens with zero attached hydrogens (tertiary/aromatic N) is 6. The van der Waals surface area contributed by atoms with E-state index in [1.165, 1.54) is 6.33 Å². The second-order valence-electron chi connectivity index (χ2n) is 7.37. The number of amides is 1. The molecule has 4 aromatic rings. The molecule has 4 aromatic heterocycles. The molecular weight excluding hydrogens is 380 g/mol. The third kappa shape index (κ3) is 3.45. The molecule has 5 rings (SSSR count). The molecule has 1 aliphatic carbocycles. The van der Waals surface area contributed by atoms with Gasteiger partial charge in [-0.15, -0.1) is 0 Å². The number of imidazole rings is 1. The Labute approximate surface area is 172 Å². The van der Waals surface area contributed by atoms with Crippen LogP contribution in [0.4, 0.5) is 11.5 Å². The zero-order chi connectivity index (χ0) is 20.5. The molecule has 4 heterocycles. The molecule has 0 bridgehead atoms. The number of nitrogens with one attached hydrogen (secondary N) is 2. The van der Waals surface area contributed by atoms with Crippen LogP contribution in [0.15, 0.2) is 55.4 Å². The van der Waals surface area contributed by atoms with Crippen LogP contribution < -0.4 is 10.6 Å². The summed E-state index contributed by atoms with van der Waals surface area (Å²) in [5.74, 6) is 0.517. The molecule has 1 amide bonds. The number of carbonyl (C=O) groups excluding carboxylic acids is 1. The average molecular weight is 400 g/mol. The van der Waals surface area contributed by atoms with Crippen molar-refractivity contribution in [2.75, 3.05) is 5.32 Å². The van der Waals surface area contributed by atoms with Crippen molar-refractivity contribution in [3.63, 3.8) is 0 Å². The summed E-state index contributed by atoms with van der Waals surface area (Å²) in [5, 5.41) is 6.32. The Morgan fingerprint density at radius 3 is 2.73 bits per heavy atom. The number of hydrogen-bond acceptors (Lipinski definition) is 7. The zero-order valence-electron chi connectivity index (χ0n) is 16.4. The van der Waals surface area contributed by atoms with Crippen LogP contribution in [0, 0.1) is 6.92 Å². The third-order valence-electron chi connectivity index (χ3n) is 5.26. The van der Waals surface area contributed by atoms with Gasteiger partial charge in [0.05, 0.1) is 6.33 Å². The van der Waals surface area contributed by atoms with Crippen molar-refractivity contribution >= 4 is 28.6 Å². The number of carbonyl (C=O) groups is 1. The summed E-state index contributed by atoms with van der Waals surface area (Å²) < 4.78 is 2.06. The molecule has 0 spiro atoms. The normalized spacial score (nSPS) is 18.0. The lowest BCUT2D eigenvalue weighted by molar-refractivity contribution is 0.0889. The SMILES string of the molecule is Cc1cccc(C(=O)NC2CC(n3cnc4c(Nc5ccncc5)ncnc43)C2)n1. The maximum Gasteiger partial charge on any atom is 0.270 e. The minimum absolute atomic E-state index is 0.110. The lowest BCUT2D eigenvalue weighted by atomic mass is 9.86. The summed E-state index contributed by atoms with van der Waals surface area (Å²) in [6.45, 7) is 1.87. The van der Waals surface area contributed by atoms with Gasteiger partial charge in [0.25, 0.3) is 5.91 Å². The van der Waals surface area contributed by atoms with Crippen LogP contribution in [-0.4, -0.2) is 41.4 Å².